The Morgan fingerprint density at radius 1 is 1.47 bits per heavy atom. The summed E-state index contributed by atoms with van der Waals surface area (Å²) in [5, 5.41) is 0. The standard InChI is InChI=1S/C13H26N2O2/c1-6-17-13(16)11(3)8-15-7-10(2)12(9-15)14(4)5/h10-12H,6-9H2,1-5H3. The summed E-state index contributed by atoms with van der Waals surface area (Å²) in [6.45, 7) is 9.49. The first-order valence-electron chi connectivity index (χ1n) is 6.51. The molecule has 1 aliphatic rings. The van der Waals surface area contributed by atoms with Gasteiger partial charge in [0, 0.05) is 25.7 Å². The second-order valence-electron chi connectivity index (χ2n) is 5.38. The number of hydrogen-bond donors (Lipinski definition) is 0. The summed E-state index contributed by atoms with van der Waals surface area (Å²) in [7, 11) is 4.25. The minimum Gasteiger partial charge on any atom is -0.466 e. The molecule has 3 atom stereocenters. The molecule has 0 bridgehead atoms. The highest BCUT2D eigenvalue weighted by Crippen LogP contribution is 2.21. The summed E-state index contributed by atoms with van der Waals surface area (Å²) in [6.07, 6.45) is 0. The van der Waals surface area contributed by atoms with Crippen molar-refractivity contribution in [3.63, 3.8) is 0 Å². The van der Waals surface area contributed by atoms with E-state index in [1.807, 2.05) is 13.8 Å². The first-order valence-corrected chi connectivity index (χ1v) is 6.51. The molecule has 0 aliphatic carbocycles. The maximum Gasteiger partial charge on any atom is 0.309 e. The second-order valence-corrected chi connectivity index (χ2v) is 5.38. The van der Waals surface area contributed by atoms with Crippen LogP contribution in [0.4, 0.5) is 0 Å². The van der Waals surface area contributed by atoms with Gasteiger partial charge in [-0.3, -0.25) is 4.79 Å². The molecule has 0 amide bonds. The number of rotatable bonds is 5. The molecule has 3 unspecified atom stereocenters. The molecule has 4 nitrogen and oxygen atoms in total. The van der Waals surface area contributed by atoms with Gasteiger partial charge in [0.2, 0.25) is 0 Å². The number of carbonyl (C=O) groups excluding carboxylic acids is 1. The third-order valence-corrected chi connectivity index (χ3v) is 3.53. The summed E-state index contributed by atoms with van der Waals surface area (Å²) in [5.74, 6) is 0.566. The molecule has 0 spiro atoms. The monoisotopic (exact) mass is 242 g/mol. The van der Waals surface area contributed by atoms with E-state index in [1.165, 1.54) is 0 Å². The summed E-state index contributed by atoms with van der Waals surface area (Å²) < 4.78 is 5.04. The molecule has 0 aromatic carbocycles. The van der Waals surface area contributed by atoms with E-state index < -0.39 is 0 Å². The van der Waals surface area contributed by atoms with Crippen molar-refractivity contribution < 1.29 is 9.53 Å². The highest BCUT2D eigenvalue weighted by Gasteiger charge is 2.32. The van der Waals surface area contributed by atoms with Crippen molar-refractivity contribution in [3.05, 3.63) is 0 Å². The van der Waals surface area contributed by atoms with E-state index >= 15 is 0 Å². The number of ether oxygens (including phenoxy) is 1. The minimum absolute atomic E-state index is 0.0249. The van der Waals surface area contributed by atoms with Crippen LogP contribution >= 0.6 is 0 Å². The van der Waals surface area contributed by atoms with Gasteiger partial charge < -0.3 is 14.5 Å². The molecule has 1 heterocycles. The van der Waals surface area contributed by atoms with Gasteiger partial charge in [-0.15, -0.1) is 0 Å². The van der Waals surface area contributed by atoms with Gasteiger partial charge in [-0.1, -0.05) is 13.8 Å². The van der Waals surface area contributed by atoms with Crippen LogP contribution in [0.5, 0.6) is 0 Å². The van der Waals surface area contributed by atoms with Crippen molar-refractivity contribution >= 4 is 5.97 Å². The van der Waals surface area contributed by atoms with E-state index in [-0.39, 0.29) is 11.9 Å². The maximum absolute atomic E-state index is 11.6. The molecule has 100 valence electrons. The normalized spacial score (nSPS) is 27.4. The van der Waals surface area contributed by atoms with Crippen LogP contribution in [-0.4, -0.2) is 62.1 Å². The fourth-order valence-corrected chi connectivity index (χ4v) is 2.62. The molecular formula is C13H26N2O2. The average Bonchev–Trinajstić information content (AvgIpc) is 2.59. The zero-order valence-electron chi connectivity index (χ0n) is 11.8. The SMILES string of the molecule is CCOC(=O)C(C)CN1CC(C)C(N(C)C)C1. The molecule has 4 heteroatoms. The molecule has 0 saturated carbocycles. The number of nitrogens with zero attached hydrogens (tertiary/aromatic N) is 2. The topological polar surface area (TPSA) is 32.8 Å². The Hall–Kier alpha value is -0.610. The Morgan fingerprint density at radius 2 is 2.12 bits per heavy atom. The van der Waals surface area contributed by atoms with Gasteiger partial charge in [0.15, 0.2) is 0 Å². The second kappa shape index (κ2) is 6.36. The van der Waals surface area contributed by atoms with Crippen LogP contribution in [0.3, 0.4) is 0 Å². The van der Waals surface area contributed by atoms with Crippen LogP contribution < -0.4 is 0 Å². The smallest absolute Gasteiger partial charge is 0.309 e. The van der Waals surface area contributed by atoms with Crippen LogP contribution in [0.25, 0.3) is 0 Å². The van der Waals surface area contributed by atoms with Crippen LogP contribution in [0, 0.1) is 11.8 Å². The molecule has 17 heavy (non-hydrogen) atoms. The summed E-state index contributed by atoms with van der Waals surface area (Å²) in [4.78, 5) is 16.2. The van der Waals surface area contributed by atoms with Crippen molar-refractivity contribution in [2.24, 2.45) is 11.8 Å². The molecule has 0 radical (unpaired) electrons. The lowest BCUT2D eigenvalue weighted by molar-refractivity contribution is -0.147. The Morgan fingerprint density at radius 3 is 2.59 bits per heavy atom. The molecule has 0 aromatic heterocycles. The van der Waals surface area contributed by atoms with Gasteiger partial charge >= 0.3 is 5.97 Å². The van der Waals surface area contributed by atoms with E-state index in [0.717, 1.165) is 19.6 Å². The largest absolute Gasteiger partial charge is 0.466 e. The van der Waals surface area contributed by atoms with E-state index in [4.69, 9.17) is 4.74 Å². The fourth-order valence-electron chi connectivity index (χ4n) is 2.62. The lowest BCUT2D eigenvalue weighted by Gasteiger charge is -2.23. The van der Waals surface area contributed by atoms with Crippen LogP contribution in [0.2, 0.25) is 0 Å². The average molecular weight is 242 g/mol. The van der Waals surface area contributed by atoms with E-state index in [0.29, 0.717) is 18.6 Å². The quantitative estimate of drug-likeness (QED) is 0.675. The molecule has 1 aliphatic heterocycles. The molecule has 0 N–H and O–H groups in total. The lowest BCUT2D eigenvalue weighted by Crippen LogP contribution is -2.36. The molecular weight excluding hydrogens is 216 g/mol. The highest BCUT2D eigenvalue weighted by atomic mass is 16.5. The minimum atomic E-state index is -0.0755. The number of esters is 1. The molecule has 1 saturated heterocycles. The highest BCUT2D eigenvalue weighted by molar-refractivity contribution is 5.72. The third-order valence-electron chi connectivity index (χ3n) is 3.53. The van der Waals surface area contributed by atoms with Gasteiger partial charge in [0.1, 0.15) is 0 Å². The molecule has 1 fully saturated rings. The number of likely N-dealkylation sites (tertiary alicyclic amines) is 1. The zero-order chi connectivity index (χ0) is 13.0. The maximum atomic E-state index is 11.6. The molecule has 1 rings (SSSR count). The van der Waals surface area contributed by atoms with Gasteiger partial charge in [0.25, 0.3) is 0 Å². The van der Waals surface area contributed by atoms with E-state index in [2.05, 4.69) is 30.8 Å². The van der Waals surface area contributed by atoms with E-state index in [9.17, 15) is 4.79 Å². The Kier molecular flexibility index (Phi) is 5.40. The van der Waals surface area contributed by atoms with Crippen LogP contribution in [0.1, 0.15) is 20.8 Å². The van der Waals surface area contributed by atoms with Gasteiger partial charge in [0.05, 0.1) is 12.5 Å². The third kappa shape index (κ3) is 3.96. The Balaban J connectivity index is 2.41. The van der Waals surface area contributed by atoms with Crippen LogP contribution in [-0.2, 0) is 9.53 Å². The van der Waals surface area contributed by atoms with Gasteiger partial charge in [-0.2, -0.15) is 0 Å². The van der Waals surface area contributed by atoms with Crippen molar-refractivity contribution in [3.8, 4) is 0 Å². The first kappa shape index (κ1) is 14.5. The van der Waals surface area contributed by atoms with Crippen molar-refractivity contribution in [1.82, 2.24) is 9.80 Å². The lowest BCUT2D eigenvalue weighted by atomic mass is 10.1. The summed E-state index contributed by atoms with van der Waals surface area (Å²) in [5.41, 5.74) is 0. The first-order chi connectivity index (χ1) is 7.95. The predicted molar refractivity (Wildman–Crippen MR) is 68.9 cm³/mol. The van der Waals surface area contributed by atoms with Gasteiger partial charge in [-0.05, 0) is 26.9 Å². The zero-order valence-corrected chi connectivity index (χ0v) is 11.8. The van der Waals surface area contributed by atoms with Crippen molar-refractivity contribution in [2.75, 3.05) is 40.3 Å². The molecule has 0 aromatic rings. The number of carbonyl (C=O) groups is 1. The van der Waals surface area contributed by atoms with Crippen molar-refractivity contribution in [2.45, 2.75) is 26.8 Å². The Bertz CT molecular complexity index is 256. The summed E-state index contributed by atoms with van der Waals surface area (Å²) in [6, 6.07) is 0.601. The van der Waals surface area contributed by atoms with Gasteiger partial charge in [-0.25, -0.2) is 0 Å². The summed E-state index contributed by atoms with van der Waals surface area (Å²) >= 11 is 0. The predicted octanol–water partition coefficient (Wildman–Crippen LogP) is 1.07. The Labute approximate surface area is 105 Å². The van der Waals surface area contributed by atoms with Crippen LogP contribution in [0.15, 0.2) is 0 Å². The van der Waals surface area contributed by atoms with Crippen molar-refractivity contribution in [1.29, 1.82) is 0 Å². The van der Waals surface area contributed by atoms with E-state index in [1.54, 1.807) is 0 Å². The number of likely N-dealkylation sites (N-methyl/N-ethyl adjacent to an activating group) is 1. The number of hydrogen-bond acceptors (Lipinski definition) is 4. The fraction of sp³-hybridized carbons (Fsp3) is 0.923.